The number of aromatic amines is 1. The molecule has 0 atom stereocenters. The molecule has 0 amide bonds. The zero-order valence-corrected chi connectivity index (χ0v) is 15.2. The third kappa shape index (κ3) is 6.91. The number of hydrogen-bond acceptors (Lipinski definition) is 4. The fourth-order valence-corrected chi connectivity index (χ4v) is 2.37. The standard InChI is InChI=1S/C12H10N4O.C8H18/c1-2-4-9(5-3-1)7-17-12-13-6-10-11(16-12)15-8-14-10;1-3-5-7-8-6-4-2/h1-6,8H,7H2,(H,13,14,15,16);3-8H2,1-2H3. The highest BCUT2D eigenvalue weighted by molar-refractivity contribution is 5.68. The van der Waals surface area contributed by atoms with Crippen LogP contribution in [0.1, 0.15) is 57.9 Å². The second-order valence-electron chi connectivity index (χ2n) is 5.98. The van der Waals surface area contributed by atoms with Crippen LogP contribution in [0.5, 0.6) is 6.01 Å². The SMILES string of the molecule is CCCCCCCC.c1ccc(COc2ncc3[nH]cnc3n2)cc1. The van der Waals surface area contributed by atoms with Crippen molar-refractivity contribution in [3.05, 3.63) is 48.4 Å². The van der Waals surface area contributed by atoms with E-state index in [9.17, 15) is 0 Å². The van der Waals surface area contributed by atoms with Gasteiger partial charge in [-0.25, -0.2) is 9.97 Å². The van der Waals surface area contributed by atoms with E-state index in [2.05, 4.69) is 33.8 Å². The molecule has 2 heterocycles. The number of nitrogens with zero attached hydrogens (tertiary/aromatic N) is 3. The molecule has 0 bridgehead atoms. The van der Waals surface area contributed by atoms with Gasteiger partial charge in [-0.05, 0) is 5.56 Å². The number of rotatable bonds is 8. The van der Waals surface area contributed by atoms with Crippen LogP contribution in [-0.4, -0.2) is 19.9 Å². The van der Waals surface area contributed by atoms with Crippen molar-refractivity contribution in [3.63, 3.8) is 0 Å². The molecule has 0 radical (unpaired) electrons. The first kappa shape index (κ1) is 18.9. The topological polar surface area (TPSA) is 63.7 Å². The summed E-state index contributed by atoms with van der Waals surface area (Å²) in [7, 11) is 0. The van der Waals surface area contributed by atoms with Crippen LogP contribution >= 0.6 is 0 Å². The van der Waals surface area contributed by atoms with Crippen LogP contribution in [0.4, 0.5) is 0 Å². The molecule has 1 N–H and O–H groups in total. The van der Waals surface area contributed by atoms with E-state index in [-0.39, 0.29) is 0 Å². The summed E-state index contributed by atoms with van der Waals surface area (Å²) in [5.41, 5.74) is 2.50. The summed E-state index contributed by atoms with van der Waals surface area (Å²) in [5, 5.41) is 0. The smallest absolute Gasteiger partial charge is 0.318 e. The zero-order chi connectivity index (χ0) is 17.7. The molecule has 0 aliphatic rings. The van der Waals surface area contributed by atoms with Gasteiger partial charge in [0.05, 0.1) is 12.5 Å². The molecular formula is C20H28N4O. The van der Waals surface area contributed by atoms with Crippen molar-refractivity contribution in [2.45, 2.75) is 59.0 Å². The summed E-state index contributed by atoms with van der Waals surface area (Å²) in [5.74, 6) is 0. The van der Waals surface area contributed by atoms with Crippen LogP contribution in [0.15, 0.2) is 42.9 Å². The number of ether oxygens (including phenoxy) is 1. The number of fused-ring (bicyclic) bond motifs is 1. The lowest BCUT2D eigenvalue weighted by Gasteiger charge is -2.03. The minimum absolute atomic E-state index is 0.341. The van der Waals surface area contributed by atoms with E-state index in [1.807, 2.05) is 30.3 Å². The number of unbranched alkanes of at least 4 members (excludes halogenated alkanes) is 5. The van der Waals surface area contributed by atoms with Crippen LogP contribution in [0, 0.1) is 0 Å². The quantitative estimate of drug-likeness (QED) is 0.565. The highest BCUT2D eigenvalue weighted by Gasteiger charge is 2.02. The van der Waals surface area contributed by atoms with Crippen molar-refractivity contribution in [1.29, 1.82) is 0 Å². The molecule has 5 heteroatoms. The van der Waals surface area contributed by atoms with E-state index in [0.29, 0.717) is 18.3 Å². The molecule has 0 aliphatic heterocycles. The lowest BCUT2D eigenvalue weighted by molar-refractivity contribution is 0.282. The number of imidazole rings is 1. The van der Waals surface area contributed by atoms with E-state index >= 15 is 0 Å². The van der Waals surface area contributed by atoms with Crippen molar-refractivity contribution < 1.29 is 4.74 Å². The summed E-state index contributed by atoms with van der Waals surface area (Å²) in [4.78, 5) is 15.2. The van der Waals surface area contributed by atoms with Crippen LogP contribution in [0.3, 0.4) is 0 Å². The maximum Gasteiger partial charge on any atom is 0.318 e. The Morgan fingerprint density at radius 3 is 2.32 bits per heavy atom. The van der Waals surface area contributed by atoms with Crippen molar-refractivity contribution in [2.24, 2.45) is 0 Å². The summed E-state index contributed by atoms with van der Waals surface area (Å²) in [6.45, 7) is 4.97. The summed E-state index contributed by atoms with van der Waals surface area (Å²) < 4.78 is 5.49. The highest BCUT2D eigenvalue weighted by atomic mass is 16.5. The Morgan fingerprint density at radius 1 is 0.920 bits per heavy atom. The number of benzene rings is 1. The van der Waals surface area contributed by atoms with E-state index in [1.54, 1.807) is 12.5 Å². The fraction of sp³-hybridized carbons (Fsp3) is 0.450. The maximum absolute atomic E-state index is 5.49. The second-order valence-corrected chi connectivity index (χ2v) is 5.98. The molecular weight excluding hydrogens is 312 g/mol. The molecule has 134 valence electrons. The van der Waals surface area contributed by atoms with E-state index < -0.39 is 0 Å². The predicted octanol–water partition coefficient (Wildman–Crippen LogP) is 5.30. The molecule has 5 nitrogen and oxygen atoms in total. The monoisotopic (exact) mass is 340 g/mol. The molecule has 0 saturated carbocycles. The Labute approximate surface area is 149 Å². The minimum atomic E-state index is 0.341. The van der Waals surface area contributed by atoms with Crippen LogP contribution in [0.2, 0.25) is 0 Å². The molecule has 25 heavy (non-hydrogen) atoms. The Hall–Kier alpha value is -2.43. The number of hydrogen-bond donors (Lipinski definition) is 1. The first-order valence-electron chi connectivity index (χ1n) is 9.16. The van der Waals surface area contributed by atoms with Gasteiger partial charge in [0, 0.05) is 0 Å². The van der Waals surface area contributed by atoms with Gasteiger partial charge < -0.3 is 9.72 Å². The Kier molecular flexibility index (Phi) is 8.45. The zero-order valence-electron chi connectivity index (χ0n) is 15.2. The van der Waals surface area contributed by atoms with Gasteiger partial charge in [0.15, 0.2) is 5.65 Å². The summed E-state index contributed by atoms with van der Waals surface area (Å²) in [6.07, 6.45) is 11.7. The van der Waals surface area contributed by atoms with E-state index in [0.717, 1.165) is 11.1 Å². The van der Waals surface area contributed by atoms with Crippen molar-refractivity contribution in [3.8, 4) is 6.01 Å². The van der Waals surface area contributed by atoms with Gasteiger partial charge in [-0.15, -0.1) is 0 Å². The third-order valence-corrected chi connectivity index (χ3v) is 3.82. The molecule has 0 spiro atoms. The second kappa shape index (κ2) is 11.2. The Bertz CT molecular complexity index is 706. The van der Waals surface area contributed by atoms with Crippen molar-refractivity contribution >= 4 is 11.2 Å². The molecule has 0 aliphatic carbocycles. The highest BCUT2D eigenvalue weighted by Crippen LogP contribution is 2.10. The predicted molar refractivity (Wildman–Crippen MR) is 102 cm³/mol. The lowest BCUT2D eigenvalue weighted by Crippen LogP contribution is -1.99. The van der Waals surface area contributed by atoms with Gasteiger partial charge in [-0.3, -0.25) is 0 Å². The normalized spacial score (nSPS) is 10.3. The van der Waals surface area contributed by atoms with Gasteiger partial charge in [0.2, 0.25) is 0 Å². The first-order chi connectivity index (χ1) is 12.3. The van der Waals surface area contributed by atoms with Gasteiger partial charge in [0.1, 0.15) is 12.1 Å². The molecule has 0 unspecified atom stereocenters. The van der Waals surface area contributed by atoms with Crippen LogP contribution in [-0.2, 0) is 6.61 Å². The van der Waals surface area contributed by atoms with E-state index in [4.69, 9.17) is 4.74 Å². The van der Waals surface area contributed by atoms with Crippen LogP contribution in [0.25, 0.3) is 11.2 Å². The Balaban J connectivity index is 0.000000242. The molecule has 1 aromatic carbocycles. The molecule has 2 aromatic heterocycles. The molecule has 0 saturated heterocycles. The molecule has 0 fully saturated rings. The van der Waals surface area contributed by atoms with Crippen molar-refractivity contribution in [2.75, 3.05) is 0 Å². The minimum Gasteiger partial charge on any atom is -0.459 e. The maximum atomic E-state index is 5.49. The third-order valence-electron chi connectivity index (χ3n) is 3.82. The Morgan fingerprint density at radius 2 is 1.64 bits per heavy atom. The largest absolute Gasteiger partial charge is 0.459 e. The van der Waals surface area contributed by atoms with E-state index in [1.165, 1.54) is 38.5 Å². The molecule has 3 rings (SSSR count). The number of nitrogens with one attached hydrogen (secondary N) is 1. The number of H-pyrrole nitrogens is 1. The average Bonchev–Trinajstić information content (AvgIpc) is 3.13. The first-order valence-corrected chi connectivity index (χ1v) is 9.16. The lowest BCUT2D eigenvalue weighted by atomic mass is 10.1. The number of aromatic nitrogens is 4. The van der Waals surface area contributed by atoms with Crippen LogP contribution < -0.4 is 4.74 Å². The average molecular weight is 340 g/mol. The van der Waals surface area contributed by atoms with Gasteiger partial charge in [-0.1, -0.05) is 82.7 Å². The summed E-state index contributed by atoms with van der Waals surface area (Å²) in [6, 6.07) is 10.2. The van der Waals surface area contributed by atoms with Crippen molar-refractivity contribution in [1.82, 2.24) is 19.9 Å². The fourth-order valence-electron chi connectivity index (χ4n) is 2.37. The summed E-state index contributed by atoms with van der Waals surface area (Å²) >= 11 is 0. The van der Waals surface area contributed by atoms with Gasteiger partial charge in [-0.2, -0.15) is 4.98 Å². The van der Waals surface area contributed by atoms with Gasteiger partial charge >= 0.3 is 6.01 Å². The molecule has 3 aromatic rings. The van der Waals surface area contributed by atoms with Gasteiger partial charge in [0.25, 0.3) is 0 Å².